The summed E-state index contributed by atoms with van der Waals surface area (Å²) < 4.78 is 0. The van der Waals surface area contributed by atoms with Gasteiger partial charge in [-0.1, -0.05) is 49.7 Å². The molecule has 36 heavy (non-hydrogen) atoms. The number of benzene rings is 2. The highest BCUT2D eigenvalue weighted by Gasteiger charge is 2.07. The second-order valence-electron chi connectivity index (χ2n) is 8.38. The van der Waals surface area contributed by atoms with Crippen LogP contribution in [0.3, 0.4) is 0 Å². The molecule has 0 saturated carbocycles. The van der Waals surface area contributed by atoms with Crippen molar-refractivity contribution in [2.45, 2.75) is 39.5 Å². The Kier molecular flexibility index (Phi) is 8.96. The van der Waals surface area contributed by atoms with Crippen molar-refractivity contribution in [2.75, 3.05) is 34.4 Å². The van der Waals surface area contributed by atoms with Crippen molar-refractivity contribution in [3.05, 3.63) is 78.4 Å². The standard InChI is InChI=1S/C27H33N9/c1-3-4-17-28-24-19-25(32-21-12-7-5-8-13-21)36-26(35-24)29-18-11-16-23-30-20(2)31-27(34-23)33-22-14-9-6-10-15-22/h5-10,12-15,19H,3-4,11,16-18H2,1-2H3,(H,30,31,33,34)(H3,28,29,32,35,36). The zero-order valence-electron chi connectivity index (χ0n) is 20.8. The molecular weight excluding hydrogens is 450 g/mol. The van der Waals surface area contributed by atoms with E-state index in [1.165, 1.54) is 0 Å². The van der Waals surface area contributed by atoms with Gasteiger partial charge in [0.05, 0.1) is 0 Å². The Morgan fingerprint density at radius 2 is 1.31 bits per heavy atom. The molecular formula is C27H33N9. The van der Waals surface area contributed by atoms with Gasteiger partial charge in [0.15, 0.2) is 0 Å². The lowest BCUT2D eigenvalue weighted by Crippen LogP contribution is -2.12. The Balaban J connectivity index is 1.36. The zero-order chi connectivity index (χ0) is 25.0. The van der Waals surface area contributed by atoms with E-state index in [-0.39, 0.29) is 0 Å². The fourth-order valence-corrected chi connectivity index (χ4v) is 3.55. The van der Waals surface area contributed by atoms with Crippen LogP contribution in [0.1, 0.15) is 37.8 Å². The molecule has 2 heterocycles. The second kappa shape index (κ2) is 13.0. The van der Waals surface area contributed by atoms with Crippen molar-refractivity contribution in [1.29, 1.82) is 0 Å². The van der Waals surface area contributed by atoms with Crippen molar-refractivity contribution in [3.63, 3.8) is 0 Å². The van der Waals surface area contributed by atoms with E-state index in [9.17, 15) is 0 Å². The van der Waals surface area contributed by atoms with Crippen LogP contribution in [0, 0.1) is 6.92 Å². The van der Waals surface area contributed by atoms with Gasteiger partial charge in [-0.25, -0.2) is 4.98 Å². The predicted molar refractivity (Wildman–Crippen MR) is 146 cm³/mol. The summed E-state index contributed by atoms with van der Waals surface area (Å²) in [5.41, 5.74) is 1.92. The van der Waals surface area contributed by atoms with E-state index >= 15 is 0 Å². The first-order valence-electron chi connectivity index (χ1n) is 12.4. The van der Waals surface area contributed by atoms with E-state index in [0.29, 0.717) is 30.7 Å². The molecule has 0 bridgehead atoms. The molecule has 4 aromatic rings. The lowest BCUT2D eigenvalue weighted by atomic mass is 10.3. The molecule has 0 radical (unpaired) electrons. The molecule has 2 aromatic carbocycles. The molecule has 4 N–H and O–H groups in total. The average Bonchev–Trinajstić information content (AvgIpc) is 2.88. The lowest BCUT2D eigenvalue weighted by molar-refractivity contribution is 0.775. The molecule has 0 spiro atoms. The van der Waals surface area contributed by atoms with Gasteiger partial charge < -0.3 is 21.3 Å². The van der Waals surface area contributed by atoms with Crippen LogP contribution in [0.2, 0.25) is 0 Å². The Morgan fingerprint density at radius 3 is 2.03 bits per heavy atom. The number of hydrogen-bond acceptors (Lipinski definition) is 9. The summed E-state index contributed by atoms with van der Waals surface area (Å²) in [7, 11) is 0. The van der Waals surface area contributed by atoms with Crippen LogP contribution in [0.4, 0.5) is 34.9 Å². The average molecular weight is 484 g/mol. The third kappa shape index (κ3) is 7.90. The van der Waals surface area contributed by atoms with Crippen LogP contribution < -0.4 is 21.3 Å². The molecule has 0 saturated heterocycles. The number of unbranched alkanes of at least 4 members (excludes halogenated alkanes) is 1. The smallest absolute Gasteiger partial charge is 0.230 e. The number of anilines is 6. The van der Waals surface area contributed by atoms with Gasteiger partial charge in [-0.15, -0.1) is 0 Å². The first-order valence-corrected chi connectivity index (χ1v) is 12.4. The third-order valence-electron chi connectivity index (χ3n) is 5.29. The molecule has 0 unspecified atom stereocenters. The molecule has 0 aliphatic heterocycles. The number of rotatable bonds is 13. The normalized spacial score (nSPS) is 10.6. The first-order chi connectivity index (χ1) is 17.7. The van der Waals surface area contributed by atoms with Gasteiger partial charge in [0, 0.05) is 37.0 Å². The molecule has 9 heteroatoms. The Bertz CT molecular complexity index is 1220. The van der Waals surface area contributed by atoms with E-state index in [1.54, 1.807) is 0 Å². The minimum absolute atomic E-state index is 0.558. The summed E-state index contributed by atoms with van der Waals surface area (Å²) in [6.07, 6.45) is 3.74. The van der Waals surface area contributed by atoms with E-state index in [2.05, 4.69) is 53.1 Å². The fraction of sp³-hybridized carbons (Fsp3) is 0.296. The molecule has 0 aliphatic carbocycles. The highest BCUT2D eigenvalue weighted by molar-refractivity contribution is 5.61. The number of nitrogens with zero attached hydrogens (tertiary/aromatic N) is 5. The highest BCUT2D eigenvalue weighted by Crippen LogP contribution is 2.19. The Morgan fingerprint density at radius 1 is 0.639 bits per heavy atom. The third-order valence-corrected chi connectivity index (χ3v) is 5.29. The maximum atomic E-state index is 4.65. The van der Waals surface area contributed by atoms with Crippen LogP contribution in [0.5, 0.6) is 0 Å². The van der Waals surface area contributed by atoms with Gasteiger partial charge in [0.1, 0.15) is 23.3 Å². The summed E-state index contributed by atoms with van der Waals surface area (Å²) in [5, 5.41) is 13.3. The Labute approximate surface area is 212 Å². The SMILES string of the molecule is CCCCNc1cc(Nc2ccccc2)nc(NCCCc2nc(C)nc(Nc3ccccc3)n2)n1. The van der Waals surface area contributed by atoms with Crippen molar-refractivity contribution < 1.29 is 0 Å². The summed E-state index contributed by atoms with van der Waals surface area (Å²) >= 11 is 0. The van der Waals surface area contributed by atoms with Crippen LogP contribution >= 0.6 is 0 Å². The maximum absolute atomic E-state index is 4.65. The predicted octanol–water partition coefficient (Wildman–Crippen LogP) is 5.71. The van der Waals surface area contributed by atoms with Crippen LogP contribution in [-0.2, 0) is 6.42 Å². The van der Waals surface area contributed by atoms with Crippen LogP contribution in [0.15, 0.2) is 66.7 Å². The van der Waals surface area contributed by atoms with Crippen LogP contribution in [-0.4, -0.2) is 38.0 Å². The highest BCUT2D eigenvalue weighted by atomic mass is 15.2. The quantitative estimate of drug-likeness (QED) is 0.177. The summed E-state index contributed by atoms with van der Waals surface area (Å²) in [5.74, 6) is 4.12. The largest absolute Gasteiger partial charge is 0.370 e. The molecule has 0 aliphatic rings. The zero-order valence-corrected chi connectivity index (χ0v) is 20.8. The first kappa shape index (κ1) is 24.8. The van der Waals surface area contributed by atoms with Gasteiger partial charge in [0.25, 0.3) is 0 Å². The van der Waals surface area contributed by atoms with E-state index in [1.807, 2.05) is 73.7 Å². The van der Waals surface area contributed by atoms with E-state index < -0.39 is 0 Å². The van der Waals surface area contributed by atoms with Crippen LogP contribution in [0.25, 0.3) is 0 Å². The molecule has 9 nitrogen and oxygen atoms in total. The van der Waals surface area contributed by atoms with Gasteiger partial charge in [-0.3, -0.25) is 0 Å². The van der Waals surface area contributed by atoms with Gasteiger partial charge in [0.2, 0.25) is 11.9 Å². The van der Waals surface area contributed by atoms with Crippen molar-refractivity contribution >= 4 is 34.9 Å². The Hall–Kier alpha value is -4.27. The van der Waals surface area contributed by atoms with Gasteiger partial charge in [-0.05, 0) is 44.0 Å². The van der Waals surface area contributed by atoms with Gasteiger partial charge >= 0.3 is 0 Å². The summed E-state index contributed by atoms with van der Waals surface area (Å²) in [4.78, 5) is 22.8. The van der Waals surface area contributed by atoms with E-state index in [4.69, 9.17) is 0 Å². The summed E-state index contributed by atoms with van der Waals surface area (Å²) in [6, 6.07) is 21.8. The fourth-order valence-electron chi connectivity index (χ4n) is 3.55. The minimum Gasteiger partial charge on any atom is -0.370 e. The lowest BCUT2D eigenvalue weighted by Gasteiger charge is -2.12. The molecule has 0 amide bonds. The molecule has 186 valence electrons. The van der Waals surface area contributed by atoms with E-state index in [0.717, 1.165) is 54.6 Å². The van der Waals surface area contributed by atoms with Crippen molar-refractivity contribution in [1.82, 2.24) is 24.9 Å². The minimum atomic E-state index is 0.558. The number of aromatic nitrogens is 5. The second-order valence-corrected chi connectivity index (χ2v) is 8.38. The van der Waals surface area contributed by atoms with Crippen molar-refractivity contribution in [3.8, 4) is 0 Å². The monoisotopic (exact) mass is 483 g/mol. The number of aryl methyl sites for hydroxylation is 2. The van der Waals surface area contributed by atoms with Gasteiger partial charge in [-0.2, -0.15) is 19.9 Å². The molecule has 0 fully saturated rings. The maximum Gasteiger partial charge on any atom is 0.230 e. The number of para-hydroxylation sites is 2. The molecule has 0 atom stereocenters. The summed E-state index contributed by atoms with van der Waals surface area (Å²) in [6.45, 7) is 5.61. The molecule has 4 rings (SSSR count). The number of nitrogens with one attached hydrogen (secondary N) is 4. The molecule has 2 aromatic heterocycles. The topological polar surface area (TPSA) is 113 Å². The number of hydrogen-bond donors (Lipinski definition) is 4. The van der Waals surface area contributed by atoms with Crippen molar-refractivity contribution in [2.24, 2.45) is 0 Å².